The van der Waals surface area contributed by atoms with E-state index in [9.17, 15) is 9.59 Å². The number of para-hydroxylation sites is 2. The minimum atomic E-state index is -0.226. The van der Waals surface area contributed by atoms with Crippen molar-refractivity contribution in [3.05, 3.63) is 60.7 Å². The van der Waals surface area contributed by atoms with Crippen molar-refractivity contribution in [2.24, 2.45) is 11.8 Å². The Balaban J connectivity index is 1.31. The highest BCUT2D eigenvalue weighted by Gasteiger charge is 2.51. The van der Waals surface area contributed by atoms with E-state index in [1.807, 2.05) is 41.3 Å². The number of nitrogens with zero attached hydrogens (tertiary/aromatic N) is 4. The first-order chi connectivity index (χ1) is 16.2. The number of piperidine rings is 1. The molecule has 3 saturated heterocycles. The highest BCUT2D eigenvalue weighted by molar-refractivity contribution is 5.98. The molecular weight excluding hydrogens is 414 g/mol. The Morgan fingerprint density at radius 1 is 0.909 bits per heavy atom. The van der Waals surface area contributed by atoms with Crippen molar-refractivity contribution in [2.75, 3.05) is 55.7 Å². The van der Waals surface area contributed by atoms with Gasteiger partial charge < -0.3 is 14.7 Å². The number of carbonyl (C=O) groups excluding carboxylic acids is 2. The molecule has 5 rings (SSSR count). The summed E-state index contributed by atoms with van der Waals surface area (Å²) in [6.45, 7) is 7.56. The highest BCUT2D eigenvalue weighted by atomic mass is 16.2. The fraction of sp³-hybridized carbons (Fsp3) is 0.462. The molecule has 3 fully saturated rings. The second kappa shape index (κ2) is 9.53. The molecule has 0 bridgehead atoms. The van der Waals surface area contributed by atoms with E-state index in [1.54, 1.807) is 5.01 Å². The molecule has 3 aliphatic rings. The number of benzene rings is 2. The van der Waals surface area contributed by atoms with Gasteiger partial charge in [-0.2, -0.15) is 0 Å². The van der Waals surface area contributed by atoms with Crippen LogP contribution in [0, 0.1) is 11.8 Å². The molecule has 2 aromatic rings. The van der Waals surface area contributed by atoms with Crippen LogP contribution in [0.4, 0.5) is 11.4 Å². The second-order valence-electron chi connectivity index (χ2n) is 9.28. The number of hydrazine groups is 1. The highest BCUT2D eigenvalue weighted by Crippen LogP contribution is 2.33. The fourth-order valence-electron chi connectivity index (χ4n) is 5.50. The van der Waals surface area contributed by atoms with Crippen LogP contribution in [0.2, 0.25) is 0 Å². The van der Waals surface area contributed by atoms with Crippen LogP contribution < -0.4 is 15.3 Å². The van der Waals surface area contributed by atoms with Gasteiger partial charge in [0.05, 0.1) is 23.6 Å². The third kappa shape index (κ3) is 4.35. The van der Waals surface area contributed by atoms with Gasteiger partial charge in [-0.25, -0.2) is 10.4 Å². The number of carbonyl (C=O) groups is 2. The molecule has 3 atom stereocenters. The molecule has 0 spiro atoms. The first-order valence-electron chi connectivity index (χ1n) is 12.1. The van der Waals surface area contributed by atoms with E-state index in [1.165, 1.54) is 5.69 Å². The van der Waals surface area contributed by atoms with Crippen molar-refractivity contribution in [1.82, 2.24) is 15.2 Å². The number of hydrogen-bond acceptors (Lipinski definition) is 5. The van der Waals surface area contributed by atoms with Crippen LogP contribution in [0.25, 0.3) is 0 Å². The lowest BCUT2D eigenvalue weighted by atomic mass is 9.83. The number of fused-ring (bicyclic) bond motifs is 1. The number of piperazine rings is 1. The molecule has 2 amide bonds. The zero-order chi connectivity index (χ0) is 22.8. The Labute approximate surface area is 195 Å². The molecular formula is C26H33N5O2. The maximum atomic E-state index is 13.7. The summed E-state index contributed by atoms with van der Waals surface area (Å²) in [7, 11) is 0. The largest absolute Gasteiger partial charge is 0.368 e. The minimum Gasteiger partial charge on any atom is -0.368 e. The molecule has 0 saturated carbocycles. The first-order valence-corrected chi connectivity index (χ1v) is 12.1. The van der Waals surface area contributed by atoms with Gasteiger partial charge in [-0.3, -0.25) is 9.59 Å². The average molecular weight is 448 g/mol. The van der Waals surface area contributed by atoms with Crippen LogP contribution in [0.1, 0.15) is 13.3 Å². The zero-order valence-electron chi connectivity index (χ0n) is 19.3. The summed E-state index contributed by atoms with van der Waals surface area (Å²) in [6.07, 6.45) is 1.01. The number of likely N-dealkylation sites (tertiary alicyclic amines) is 1. The average Bonchev–Trinajstić information content (AvgIpc) is 3.21. The van der Waals surface area contributed by atoms with Gasteiger partial charge in [-0.15, -0.1) is 0 Å². The van der Waals surface area contributed by atoms with Crippen molar-refractivity contribution >= 4 is 23.2 Å². The third-order valence-corrected chi connectivity index (χ3v) is 7.18. The standard InChI is InChI=1S/C26H33N5O2/c1-2-13-28-18-22(24-23(19-28)26(33)31(27-24)21-11-7-4-8-12-21)25(32)30-16-14-29(15-17-30)20-9-5-3-6-10-20/h3-12,22-24,27H,2,13-19H2,1H3. The topological polar surface area (TPSA) is 59.1 Å². The van der Waals surface area contributed by atoms with Crippen LogP contribution >= 0.6 is 0 Å². The van der Waals surface area contributed by atoms with Gasteiger partial charge >= 0.3 is 0 Å². The van der Waals surface area contributed by atoms with E-state index in [4.69, 9.17) is 0 Å². The molecule has 2 aromatic carbocycles. The van der Waals surface area contributed by atoms with E-state index in [0.717, 1.165) is 31.7 Å². The lowest BCUT2D eigenvalue weighted by Crippen LogP contribution is -2.59. The van der Waals surface area contributed by atoms with Crippen LogP contribution in [0.15, 0.2) is 60.7 Å². The molecule has 0 aromatic heterocycles. The quantitative estimate of drug-likeness (QED) is 0.762. The van der Waals surface area contributed by atoms with E-state index in [0.29, 0.717) is 26.2 Å². The summed E-state index contributed by atoms with van der Waals surface area (Å²) >= 11 is 0. The molecule has 1 N–H and O–H groups in total. The van der Waals surface area contributed by atoms with Crippen LogP contribution in [-0.4, -0.2) is 73.5 Å². The Hall–Kier alpha value is -2.90. The normalized spacial score (nSPS) is 25.9. The van der Waals surface area contributed by atoms with Gasteiger partial charge in [0.25, 0.3) is 0 Å². The van der Waals surface area contributed by atoms with Crippen molar-refractivity contribution in [1.29, 1.82) is 0 Å². The number of anilines is 2. The second-order valence-corrected chi connectivity index (χ2v) is 9.28. The number of rotatable bonds is 5. The number of nitrogens with one attached hydrogen (secondary N) is 1. The molecule has 7 heteroatoms. The molecule has 33 heavy (non-hydrogen) atoms. The molecule has 174 valence electrons. The smallest absolute Gasteiger partial charge is 0.247 e. The maximum absolute atomic E-state index is 13.7. The van der Waals surface area contributed by atoms with E-state index in [2.05, 4.69) is 46.4 Å². The summed E-state index contributed by atoms with van der Waals surface area (Å²) in [4.78, 5) is 33.7. The molecule has 3 unspecified atom stereocenters. The van der Waals surface area contributed by atoms with E-state index >= 15 is 0 Å². The minimum absolute atomic E-state index is 0.0682. The van der Waals surface area contributed by atoms with Gasteiger partial charge in [-0.05, 0) is 37.2 Å². The molecule has 3 aliphatic heterocycles. The Bertz CT molecular complexity index is 961. The lowest BCUT2D eigenvalue weighted by Gasteiger charge is -2.42. The van der Waals surface area contributed by atoms with Crippen molar-refractivity contribution < 1.29 is 9.59 Å². The summed E-state index contributed by atoms with van der Waals surface area (Å²) in [5.41, 5.74) is 5.47. The van der Waals surface area contributed by atoms with Gasteiger partial charge in [0, 0.05) is 45.0 Å². The Kier molecular flexibility index (Phi) is 6.33. The van der Waals surface area contributed by atoms with Gasteiger partial charge in [0.15, 0.2) is 0 Å². The van der Waals surface area contributed by atoms with Crippen LogP contribution in [0.5, 0.6) is 0 Å². The first kappa shape index (κ1) is 21.9. The van der Waals surface area contributed by atoms with Crippen molar-refractivity contribution in [3.8, 4) is 0 Å². The zero-order valence-corrected chi connectivity index (χ0v) is 19.3. The Morgan fingerprint density at radius 2 is 1.55 bits per heavy atom. The Morgan fingerprint density at radius 3 is 2.18 bits per heavy atom. The monoisotopic (exact) mass is 447 g/mol. The number of hydrogen-bond donors (Lipinski definition) is 1. The van der Waals surface area contributed by atoms with E-state index in [-0.39, 0.29) is 29.7 Å². The molecule has 3 heterocycles. The van der Waals surface area contributed by atoms with Crippen molar-refractivity contribution in [3.63, 3.8) is 0 Å². The van der Waals surface area contributed by atoms with Crippen molar-refractivity contribution in [2.45, 2.75) is 19.4 Å². The summed E-state index contributed by atoms with van der Waals surface area (Å²) < 4.78 is 0. The lowest BCUT2D eigenvalue weighted by molar-refractivity contribution is -0.140. The maximum Gasteiger partial charge on any atom is 0.247 e. The summed E-state index contributed by atoms with van der Waals surface area (Å²) in [5, 5.41) is 1.67. The van der Waals surface area contributed by atoms with Gasteiger partial charge in [0.1, 0.15) is 0 Å². The predicted molar refractivity (Wildman–Crippen MR) is 130 cm³/mol. The van der Waals surface area contributed by atoms with Gasteiger partial charge in [0.2, 0.25) is 11.8 Å². The molecule has 0 aliphatic carbocycles. The van der Waals surface area contributed by atoms with Crippen LogP contribution in [0.3, 0.4) is 0 Å². The molecule has 7 nitrogen and oxygen atoms in total. The third-order valence-electron chi connectivity index (χ3n) is 7.18. The molecule has 0 radical (unpaired) electrons. The van der Waals surface area contributed by atoms with Crippen LogP contribution in [-0.2, 0) is 9.59 Å². The number of amides is 2. The fourth-order valence-corrected chi connectivity index (χ4v) is 5.50. The van der Waals surface area contributed by atoms with Gasteiger partial charge in [-0.1, -0.05) is 43.3 Å². The SMILES string of the molecule is CCCN1CC(C(=O)N2CCN(c3ccccc3)CC2)C2NN(c3ccccc3)C(=O)C2C1. The summed E-state index contributed by atoms with van der Waals surface area (Å²) in [5.74, 6) is -0.186. The van der Waals surface area contributed by atoms with E-state index < -0.39 is 0 Å². The summed E-state index contributed by atoms with van der Waals surface area (Å²) in [6, 6.07) is 19.9. The predicted octanol–water partition coefficient (Wildman–Crippen LogP) is 2.21.